The molecule has 1 N–H and O–H groups in total. The largest absolute Gasteiger partial charge is 0.481 e. The third-order valence-corrected chi connectivity index (χ3v) is 4.34. The number of benzene rings is 1. The standard InChI is InChI=1S/C16H23NO2/c1-17(13-14-8-4-2-5-9-14)16(12-15(18)19)10-6-3-7-11-16/h2,4-5,8-9H,3,6-7,10-13H2,1H3,(H,18,19). The van der Waals surface area contributed by atoms with Crippen molar-refractivity contribution in [1.29, 1.82) is 0 Å². The normalized spacial score (nSPS) is 18.4. The molecule has 2 rings (SSSR count). The highest BCUT2D eigenvalue weighted by Gasteiger charge is 2.37. The predicted molar refractivity (Wildman–Crippen MR) is 76.0 cm³/mol. The van der Waals surface area contributed by atoms with Gasteiger partial charge in [0.05, 0.1) is 6.42 Å². The highest BCUT2D eigenvalue weighted by molar-refractivity contribution is 5.68. The van der Waals surface area contributed by atoms with Crippen LogP contribution in [0.1, 0.15) is 44.1 Å². The SMILES string of the molecule is CN(Cc1ccccc1)C1(CC(=O)O)CCCCC1. The second kappa shape index (κ2) is 6.20. The molecule has 1 aromatic rings. The van der Waals surface area contributed by atoms with Crippen LogP contribution in [0.15, 0.2) is 30.3 Å². The highest BCUT2D eigenvalue weighted by atomic mass is 16.4. The van der Waals surface area contributed by atoms with E-state index in [1.807, 2.05) is 18.2 Å². The first-order valence-corrected chi connectivity index (χ1v) is 7.09. The van der Waals surface area contributed by atoms with Gasteiger partial charge in [0.2, 0.25) is 0 Å². The van der Waals surface area contributed by atoms with E-state index in [1.54, 1.807) is 0 Å². The minimum absolute atomic E-state index is 0.153. The van der Waals surface area contributed by atoms with Crippen molar-refractivity contribution in [3.05, 3.63) is 35.9 Å². The van der Waals surface area contributed by atoms with Crippen molar-refractivity contribution in [2.45, 2.75) is 50.6 Å². The van der Waals surface area contributed by atoms with Crippen LogP contribution in [0.25, 0.3) is 0 Å². The first kappa shape index (κ1) is 14.1. The number of carboxylic acid groups (broad SMARTS) is 1. The molecule has 1 aromatic carbocycles. The van der Waals surface area contributed by atoms with Crippen LogP contribution in [0.4, 0.5) is 0 Å². The van der Waals surface area contributed by atoms with E-state index in [2.05, 4.69) is 24.1 Å². The Hall–Kier alpha value is -1.35. The summed E-state index contributed by atoms with van der Waals surface area (Å²) in [7, 11) is 2.07. The number of hydrogen-bond acceptors (Lipinski definition) is 2. The smallest absolute Gasteiger partial charge is 0.305 e. The molecule has 0 bridgehead atoms. The Morgan fingerprint density at radius 2 is 1.84 bits per heavy atom. The second-order valence-electron chi connectivity index (χ2n) is 5.70. The number of carbonyl (C=O) groups is 1. The first-order chi connectivity index (χ1) is 9.12. The van der Waals surface area contributed by atoms with E-state index in [-0.39, 0.29) is 12.0 Å². The van der Waals surface area contributed by atoms with Gasteiger partial charge in [0.1, 0.15) is 0 Å². The number of carboxylic acids is 1. The van der Waals surface area contributed by atoms with Gasteiger partial charge in [-0.3, -0.25) is 9.69 Å². The average molecular weight is 261 g/mol. The first-order valence-electron chi connectivity index (χ1n) is 7.09. The van der Waals surface area contributed by atoms with Crippen LogP contribution in [-0.4, -0.2) is 28.6 Å². The summed E-state index contributed by atoms with van der Waals surface area (Å²) >= 11 is 0. The zero-order valence-corrected chi connectivity index (χ0v) is 11.6. The molecule has 0 amide bonds. The lowest BCUT2D eigenvalue weighted by Crippen LogP contribution is -2.49. The van der Waals surface area contributed by atoms with Crippen molar-refractivity contribution in [1.82, 2.24) is 4.90 Å². The Balaban J connectivity index is 2.11. The summed E-state index contributed by atoms with van der Waals surface area (Å²) in [6.45, 7) is 0.827. The van der Waals surface area contributed by atoms with Gasteiger partial charge < -0.3 is 5.11 Å². The molecule has 1 fully saturated rings. The number of rotatable bonds is 5. The van der Waals surface area contributed by atoms with E-state index in [4.69, 9.17) is 0 Å². The van der Waals surface area contributed by atoms with Crippen molar-refractivity contribution >= 4 is 5.97 Å². The van der Waals surface area contributed by atoms with E-state index >= 15 is 0 Å². The maximum Gasteiger partial charge on any atom is 0.305 e. The van der Waals surface area contributed by atoms with Crippen molar-refractivity contribution < 1.29 is 9.90 Å². The summed E-state index contributed by atoms with van der Waals surface area (Å²) in [6.07, 6.45) is 5.79. The molecule has 1 aliphatic carbocycles. The van der Waals surface area contributed by atoms with Crippen molar-refractivity contribution in [3.8, 4) is 0 Å². The maximum absolute atomic E-state index is 11.2. The number of hydrogen-bond donors (Lipinski definition) is 1. The Kier molecular flexibility index (Phi) is 4.59. The van der Waals surface area contributed by atoms with Gasteiger partial charge in [-0.1, -0.05) is 49.6 Å². The lowest BCUT2D eigenvalue weighted by atomic mass is 9.78. The molecular weight excluding hydrogens is 238 g/mol. The molecule has 0 spiro atoms. The molecule has 0 aliphatic heterocycles. The Labute approximate surface area is 115 Å². The molecule has 0 saturated heterocycles. The van der Waals surface area contributed by atoms with Gasteiger partial charge in [0.15, 0.2) is 0 Å². The summed E-state index contributed by atoms with van der Waals surface area (Å²) in [4.78, 5) is 13.5. The van der Waals surface area contributed by atoms with Crippen LogP contribution in [0.5, 0.6) is 0 Å². The van der Waals surface area contributed by atoms with Crippen molar-refractivity contribution in [3.63, 3.8) is 0 Å². The molecule has 1 aliphatic rings. The maximum atomic E-state index is 11.2. The highest BCUT2D eigenvalue weighted by Crippen LogP contribution is 2.36. The van der Waals surface area contributed by atoms with Gasteiger partial charge in [-0.2, -0.15) is 0 Å². The van der Waals surface area contributed by atoms with E-state index in [0.717, 1.165) is 32.2 Å². The molecule has 3 nitrogen and oxygen atoms in total. The molecule has 0 radical (unpaired) electrons. The molecular formula is C16H23NO2. The third kappa shape index (κ3) is 3.57. The van der Waals surface area contributed by atoms with E-state index in [0.29, 0.717) is 0 Å². The van der Waals surface area contributed by atoms with Crippen LogP contribution in [0.2, 0.25) is 0 Å². The van der Waals surface area contributed by atoms with Crippen LogP contribution < -0.4 is 0 Å². The fourth-order valence-corrected chi connectivity index (χ4v) is 3.21. The van der Waals surface area contributed by atoms with Crippen molar-refractivity contribution in [2.75, 3.05) is 7.05 Å². The molecule has 104 valence electrons. The zero-order chi connectivity index (χ0) is 13.7. The topological polar surface area (TPSA) is 40.5 Å². The molecule has 3 heteroatoms. The van der Waals surface area contributed by atoms with E-state index in [1.165, 1.54) is 12.0 Å². The quantitative estimate of drug-likeness (QED) is 0.884. The van der Waals surface area contributed by atoms with Crippen molar-refractivity contribution in [2.24, 2.45) is 0 Å². The lowest BCUT2D eigenvalue weighted by Gasteiger charge is -2.44. The number of aliphatic carboxylic acids is 1. The molecule has 1 saturated carbocycles. The van der Waals surface area contributed by atoms with Gasteiger partial charge in [0.25, 0.3) is 0 Å². The minimum atomic E-state index is -0.679. The fraction of sp³-hybridized carbons (Fsp3) is 0.562. The summed E-state index contributed by atoms with van der Waals surface area (Å²) in [6, 6.07) is 10.3. The van der Waals surface area contributed by atoms with Crippen LogP contribution >= 0.6 is 0 Å². The summed E-state index contributed by atoms with van der Waals surface area (Å²) in [5.41, 5.74) is 1.10. The molecule has 0 aromatic heterocycles. The summed E-state index contributed by atoms with van der Waals surface area (Å²) < 4.78 is 0. The van der Waals surface area contributed by atoms with Crippen LogP contribution in [0, 0.1) is 0 Å². The number of nitrogens with zero attached hydrogens (tertiary/aromatic N) is 1. The van der Waals surface area contributed by atoms with Gasteiger partial charge in [0, 0.05) is 12.1 Å². The van der Waals surface area contributed by atoms with Crippen LogP contribution in [0.3, 0.4) is 0 Å². The van der Waals surface area contributed by atoms with Gasteiger partial charge in [-0.05, 0) is 25.5 Å². The van der Waals surface area contributed by atoms with E-state index in [9.17, 15) is 9.90 Å². The molecule has 19 heavy (non-hydrogen) atoms. The minimum Gasteiger partial charge on any atom is -0.481 e. The average Bonchev–Trinajstić information content (AvgIpc) is 2.40. The Morgan fingerprint density at radius 3 is 2.42 bits per heavy atom. The Bertz CT molecular complexity index is 410. The lowest BCUT2D eigenvalue weighted by molar-refractivity contribution is -0.141. The van der Waals surface area contributed by atoms with Gasteiger partial charge >= 0.3 is 5.97 Å². The fourth-order valence-electron chi connectivity index (χ4n) is 3.21. The van der Waals surface area contributed by atoms with Gasteiger partial charge in [-0.15, -0.1) is 0 Å². The van der Waals surface area contributed by atoms with Crippen LogP contribution in [-0.2, 0) is 11.3 Å². The second-order valence-corrected chi connectivity index (χ2v) is 5.70. The van der Waals surface area contributed by atoms with Gasteiger partial charge in [-0.25, -0.2) is 0 Å². The van der Waals surface area contributed by atoms with E-state index < -0.39 is 5.97 Å². The zero-order valence-electron chi connectivity index (χ0n) is 11.6. The molecule has 0 atom stereocenters. The predicted octanol–water partition coefficient (Wildman–Crippen LogP) is 3.30. The Morgan fingerprint density at radius 1 is 1.21 bits per heavy atom. The summed E-state index contributed by atoms with van der Waals surface area (Å²) in [5.74, 6) is -0.679. The monoisotopic (exact) mass is 261 g/mol. The molecule has 0 unspecified atom stereocenters. The summed E-state index contributed by atoms with van der Waals surface area (Å²) in [5, 5.41) is 9.22. The third-order valence-electron chi connectivity index (χ3n) is 4.34. The molecule has 0 heterocycles.